The van der Waals surface area contributed by atoms with Gasteiger partial charge in [-0.15, -0.1) is 12.4 Å². The molecule has 2 saturated carbocycles. The van der Waals surface area contributed by atoms with Gasteiger partial charge >= 0.3 is 6.03 Å². The van der Waals surface area contributed by atoms with E-state index < -0.39 is 5.60 Å². The number of piperazine rings is 1. The molecule has 2 aliphatic carbocycles. The number of β-amino-alcohol motifs (C(OH)–C–C–N with tert-alkyl or cyclic N) is 1. The number of carbonyl (C=O) groups excluding carboxylic acids is 1. The average Bonchev–Trinajstić information content (AvgIpc) is 3.20. The van der Waals surface area contributed by atoms with Gasteiger partial charge in [0.05, 0.1) is 42.3 Å². The molecule has 2 N–H and O–H groups in total. The predicted molar refractivity (Wildman–Crippen MR) is 156 cm³/mol. The van der Waals surface area contributed by atoms with Crippen molar-refractivity contribution >= 4 is 30.1 Å². The quantitative estimate of drug-likeness (QED) is 0.566. The number of benzene rings is 1. The van der Waals surface area contributed by atoms with Crippen LogP contribution in [-0.2, 0) is 5.54 Å². The molecule has 2 saturated heterocycles. The van der Waals surface area contributed by atoms with E-state index in [9.17, 15) is 9.90 Å². The van der Waals surface area contributed by atoms with Crippen molar-refractivity contribution < 1.29 is 9.90 Å². The summed E-state index contributed by atoms with van der Waals surface area (Å²) in [6.07, 6.45) is 9.84. The summed E-state index contributed by atoms with van der Waals surface area (Å²) in [6, 6.07) is 10.7. The van der Waals surface area contributed by atoms with Crippen molar-refractivity contribution in [3.63, 3.8) is 0 Å². The summed E-state index contributed by atoms with van der Waals surface area (Å²) in [7, 11) is 4.34. The molecule has 0 bridgehead atoms. The van der Waals surface area contributed by atoms with E-state index in [1.54, 1.807) is 12.4 Å². The van der Waals surface area contributed by atoms with Crippen molar-refractivity contribution in [3.8, 4) is 0 Å². The molecule has 1 aromatic carbocycles. The maximum atomic E-state index is 14.0. The van der Waals surface area contributed by atoms with E-state index in [1.165, 1.54) is 5.56 Å². The lowest BCUT2D eigenvalue weighted by atomic mass is 9.67. The number of amides is 2. The van der Waals surface area contributed by atoms with Crippen molar-refractivity contribution in [1.82, 2.24) is 25.1 Å². The van der Waals surface area contributed by atoms with Gasteiger partial charge < -0.3 is 20.2 Å². The first-order chi connectivity index (χ1) is 18.3. The third kappa shape index (κ3) is 4.99. The van der Waals surface area contributed by atoms with Crippen LogP contribution in [-0.4, -0.2) is 95.4 Å². The van der Waals surface area contributed by atoms with E-state index in [-0.39, 0.29) is 29.5 Å². The molecular weight excluding hydrogens is 514 g/mol. The van der Waals surface area contributed by atoms with Crippen LogP contribution in [0.5, 0.6) is 0 Å². The monoisotopic (exact) mass is 555 g/mol. The van der Waals surface area contributed by atoms with Crippen LogP contribution in [0.15, 0.2) is 42.7 Å². The Balaban J connectivity index is 0.00000308. The molecule has 2 amide bonds. The van der Waals surface area contributed by atoms with Crippen molar-refractivity contribution in [1.29, 1.82) is 0 Å². The lowest BCUT2D eigenvalue weighted by molar-refractivity contribution is -0.0725. The zero-order valence-electron chi connectivity index (χ0n) is 23.2. The summed E-state index contributed by atoms with van der Waals surface area (Å²) in [4.78, 5) is 31.7. The van der Waals surface area contributed by atoms with E-state index in [2.05, 4.69) is 69.5 Å². The highest BCUT2D eigenvalue weighted by atomic mass is 35.5. The Hall–Kier alpha value is -2.46. The second-order valence-corrected chi connectivity index (χ2v) is 12.0. The lowest BCUT2D eigenvalue weighted by Gasteiger charge is -2.52. The Labute approximate surface area is 238 Å². The number of carbonyl (C=O) groups is 1. The maximum absolute atomic E-state index is 14.0. The molecule has 3 heterocycles. The molecule has 39 heavy (non-hydrogen) atoms. The number of aliphatic hydroxyl groups is 1. The average molecular weight is 556 g/mol. The van der Waals surface area contributed by atoms with Crippen LogP contribution in [0.4, 0.5) is 16.4 Å². The highest BCUT2D eigenvalue weighted by molar-refractivity contribution is 5.95. The lowest BCUT2D eigenvalue weighted by Crippen LogP contribution is -2.59. The van der Waals surface area contributed by atoms with Crippen LogP contribution >= 0.6 is 12.4 Å². The maximum Gasteiger partial charge on any atom is 0.325 e. The van der Waals surface area contributed by atoms with Crippen molar-refractivity contribution in [2.75, 3.05) is 63.2 Å². The van der Waals surface area contributed by atoms with E-state index in [0.717, 1.165) is 76.8 Å². The standard InChI is InChI=1S/C29H41N7O2.ClH/c1-33(2)29(23-7-4-3-5-8-23)13-11-27(12-14-29)21-35(26(37)36(27)22-28(38)9-6-10-28)24-19-31-25(32-20-24)34-17-15-30-16-18-34;/h3-5,7-8,19-20,30,38H,6,9-18,21-22H2,1-2H3;1H/t27-,29-;. The Kier molecular flexibility index (Phi) is 7.81. The number of hydrogen-bond donors (Lipinski definition) is 2. The van der Waals surface area contributed by atoms with Gasteiger partial charge in [-0.25, -0.2) is 14.8 Å². The van der Waals surface area contributed by atoms with Gasteiger partial charge in [-0.3, -0.25) is 9.80 Å². The summed E-state index contributed by atoms with van der Waals surface area (Å²) in [5, 5.41) is 14.5. The number of nitrogens with zero attached hydrogens (tertiary/aromatic N) is 6. The van der Waals surface area contributed by atoms with Gasteiger partial charge in [0.15, 0.2) is 0 Å². The fourth-order valence-corrected chi connectivity index (χ4v) is 7.05. The number of nitrogens with one attached hydrogen (secondary N) is 1. The molecule has 6 rings (SSSR count). The van der Waals surface area contributed by atoms with E-state index >= 15 is 0 Å². The van der Waals surface area contributed by atoms with Crippen LogP contribution in [0.1, 0.15) is 50.5 Å². The summed E-state index contributed by atoms with van der Waals surface area (Å²) in [5.74, 6) is 0.716. The van der Waals surface area contributed by atoms with Gasteiger partial charge in [-0.05, 0) is 64.6 Å². The molecule has 1 spiro atoms. The van der Waals surface area contributed by atoms with Gasteiger partial charge in [0, 0.05) is 31.7 Å². The summed E-state index contributed by atoms with van der Waals surface area (Å²) >= 11 is 0. The minimum absolute atomic E-state index is 0. The first-order valence-corrected chi connectivity index (χ1v) is 14.2. The summed E-state index contributed by atoms with van der Waals surface area (Å²) in [5.41, 5.74) is 0.937. The zero-order chi connectivity index (χ0) is 26.4. The summed E-state index contributed by atoms with van der Waals surface area (Å²) in [6.45, 7) is 4.62. The number of aromatic nitrogens is 2. The third-order valence-corrected chi connectivity index (χ3v) is 9.73. The van der Waals surface area contributed by atoms with E-state index in [4.69, 9.17) is 0 Å². The van der Waals surface area contributed by atoms with Crippen molar-refractivity contribution in [3.05, 3.63) is 48.3 Å². The smallest absolute Gasteiger partial charge is 0.325 e. The third-order valence-electron chi connectivity index (χ3n) is 9.73. The molecule has 9 nitrogen and oxygen atoms in total. The number of hydrogen-bond acceptors (Lipinski definition) is 7. The SMILES string of the molecule is CN(C)[C@]1(c2ccccc2)CC[C@@]2(CC1)CN(c1cnc(N3CCNCC3)nc1)C(=O)N2CC1(O)CCC1.Cl. The molecule has 4 aliphatic rings. The first kappa shape index (κ1) is 28.1. The van der Waals surface area contributed by atoms with Gasteiger partial charge in [0.1, 0.15) is 0 Å². The van der Waals surface area contributed by atoms with E-state index in [1.807, 2.05) is 9.80 Å². The van der Waals surface area contributed by atoms with Gasteiger partial charge in [-0.2, -0.15) is 0 Å². The molecule has 1 aromatic heterocycles. The number of halogens is 1. The fraction of sp³-hybridized carbons (Fsp3) is 0.621. The van der Waals surface area contributed by atoms with Crippen molar-refractivity contribution in [2.24, 2.45) is 0 Å². The minimum atomic E-state index is -0.767. The van der Waals surface area contributed by atoms with Crippen molar-refractivity contribution in [2.45, 2.75) is 61.6 Å². The second kappa shape index (κ2) is 10.8. The molecule has 0 radical (unpaired) electrons. The number of rotatable bonds is 6. The highest BCUT2D eigenvalue weighted by Gasteiger charge is 2.56. The molecule has 4 fully saturated rings. The van der Waals surface area contributed by atoms with Crippen LogP contribution < -0.4 is 15.1 Å². The zero-order valence-corrected chi connectivity index (χ0v) is 24.0. The second-order valence-electron chi connectivity index (χ2n) is 12.0. The van der Waals surface area contributed by atoms with Crippen LogP contribution in [0.2, 0.25) is 0 Å². The Bertz CT molecular complexity index is 1130. The molecule has 10 heteroatoms. The number of anilines is 2. The normalized spacial score (nSPS) is 28.5. The largest absolute Gasteiger partial charge is 0.388 e. The Morgan fingerprint density at radius 3 is 2.18 bits per heavy atom. The molecular formula is C29H42ClN7O2. The van der Waals surface area contributed by atoms with Gasteiger partial charge in [-0.1, -0.05) is 30.3 Å². The highest BCUT2D eigenvalue weighted by Crippen LogP contribution is 2.50. The molecule has 2 aliphatic heterocycles. The molecule has 2 aromatic rings. The first-order valence-electron chi connectivity index (χ1n) is 14.2. The number of urea groups is 1. The Morgan fingerprint density at radius 2 is 1.62 bits per heavy atom. The predicted octanol–water partition coefficient (Wildman–Crippen LogP) is 3.23. The van der Waals surface area contributed by atoms with Crippen LogP contribution in [0.3, 0.4) is 0 Å². The van der Waals surface area contributed by atoms with Gasteiger partial charge in [0.25, 0.3) is 0 Å². The summed E-state index contributed by atoms with van der Waals surface area (Å²) < 4.78 is 0. The molecule has 0 atom stereocenters. The van der Waals surface area contributed by atoms with Gasteiger partial charge in [0.2, 0.25) is 5.95 Å². The van der Waals surface area contributed by atoms with E-state index in [0.29, 0.717) is 19.0 Å². The topological polar surface area (TPSA) is 88.1 Å². The molecule has 212 valence electrons. The van der Waals surface area contributed by atoms with Crippen LogP contribution in [0, 0.1) is 0 Å². The van der Waals surface area contributed by atoms with Crippen LogP contribution in [0.25, 0.3) is 0 Å². The fourth-order valence-electron chi connectivity index (χ4n) is 7.05. The minimum Gasteiger partial charge on any atom is -0.388 e. The molecule has 0 unspecified atom stereocenters. The Morgan fingerprint density at radius 1 is 0.974 bits per heavy atom.